The number of carbonyl (C=O) groups excluding carboxylic acids is 2. The lowest BCUT2D eigenvalue weighted by atomic mass is 10.2. The summed E-state index contributed by atoms with van der Waals surface area (Å²) in [5.74, 6) is -0.108. The molecule has 27 heavy (non-hydrogen) atoms. The third kappa shape index (κ3) is 3.99. The highest BCUT2D eigenvalue weighted by molar-refractivity contribution is 8.01. The van der Waals surface area contributed by atoms with Gasteiger partial charge in [0.2, 0.25) is 11.8 Å². The van der Waals surface area contributed by atoms with E-state index in [0.717, 1.165) is 25.8 Å². The number of amides is 2. The summed E-state index contributed by atoms with van der Waals surface area (Å²) in [6.45, 7) is 2.56. The topological polar surface area (TPSA) is 71.1 Å². The lowest BCUT2D eigenvalue weighted by Gasteiger charge is -2.23. The number of hydrogen-bond donors (Lipinski definition) is 2. The number of carbonyl (C=O) groups is 2. The van der Waals surface area contributed by atoms with E-state index in [1.165, 1.54) is 11.8 Å². The molecule has 0 aliphatic carbocycles. The highest BCUT2D eigenvalue weighted by Crippen LogP contribution is 2.36. The Morgan fingerprint density at radius 2 is 2.00 bits per heavy atom. The maximum atomic E-state index is 12.4. The molecular weight excluding hydrogens is 378 g/mol. The first-order valence-electron chi connectivity index (χ1n) is 8.79. The van der Waals surface area contributed by atoms with Crippen LogP contribution in [0.2, 0.25) is 0 Å². The summed E-state index contributed by atoms with van der Waals surface area (Å²) in [7, 11) is 0. The Balaban J connectivity index is 1.33. The maximum Gasteiger partial charge on any atom is 0.238 e. The second-order valence-corrected chi connectivity index (χ2v) is 8.83. The van der Waals surface area contributed by atoms with Crippen LogP contribution < -0.4 is 10.6 Å². The Morgan fingerprint density at radius 3 is 2.85 bits per heavy atom. The fourth-order valence-electron chi connectivity index (χ4n) is 2.92. The van der Waals surface area contributed by atoms with Crippen molar-refractivity contribution in [2.75, 3.05) is 11.9 Å². The van der Waals surface area contributed by atoms with Crippen molar-refractivity contribution in [2.45, 2.75) is 29.4 Å². The number of nitrogens with zero attached hydrogens (tertiary/aromatic N) is 1. The molecule has 138 valence electrons. The summed E-state index contributed by atoms with van der Waals surface area (Å²) in [5, 5.41) is 6.43. The monoisotopic (exact) mass is 397 g/mol. The smallest absolute Gasteiger partial charge is 0.238 e. The average Bonchev–Trinajstić information content (AvgIpc) is 3.11. The minimum Gasteiger partial charge on any atom is -0.355 e. The standard InChI is InChI=1S/C20H19N3O2S2/c1-12(20-23-14-7-3-5-9-16(14)27-20)11-21-18(24)10-17-19(25)22-13-6-2-4-8-15(13)26-17/h2-9,12,17H,10-11H2,1H3,(H,21,24)(H,22,25). The van der Waals surface area contributed by atoms with E-state index in [9.17, 15) is 9.59 Å². The Labute approximate surface area is 165 Å². The summed E-state index contributed by atoms with van der Waals surface area (Å²) in [6, 6.07) is 15.7. The van der Waals surface area contributed by atoms with Crippen molar-refractivity contribution >= 4 is 50.8 Å². The third-order valence-electron chi connectivity index (χ3n) is 4.41. The van der Waals surface area contributed by atoms with Gasteiger partial charge in [-0.15, -0.1) is 23.1 Å². The molecule has 2 aromatic carbocycles. The van der Waals surface area contributed by atoms with Crippen molar-refractivity contribution in [3.8, 4) is 0 Å². The summed E-state index contributed by atoms with van der Waals surface area (Å²) in [4.78, 5) is 30.2. The molecule has 1 aliphatic heterocycles. The van der Waals surface area contributed by atoms with E-state index in [0.29, 0.717) is 6.54 Å². The fourth-order valence-corrected chi connectivity index (χ4v) is 5.05. The van der Waals surface area contributed by atoms with Crippen LogP contribution in [-0.2, 0) is 9.59 Å². The zero-order valence-electron chi connectivity index (χ0n) is 14.8. The van der Waals surface area contributed by atoms with Crippen LogP contribution in [0.1, 0.15) is 24.3 Å². The summed E-state index contributed by atoms with van der Waals surface area (Å²) < 4.78 is 1.15. The van der Waals surface area contributed by atoms with Crippen LogP contribution in [0, 0.1) is 0 Å². The molecule has 7 heteroatoms. The highest BCUT2D eigenvalue weighted by atomic mass is 32.2. The Kier molecular flexibility index (Phi) is 5.13. The molecule has 0 fully saturated rings. The van der Waals surface area contributed by atoms with Crippen molar-refractivity contribution in [3.63, 3.8) is 0 Å². The zero-order valence-corrected chi connectivity index (χ0v) is 16.4. The molecular formula is C20H19N3O2S2. The van der Waals surface area contributed by atoms with Crippen molar-refractivity contribution < 1.29 is 9.59 Å². The van der Waals surface area contributed by atoms with E-state index in [2.05, 4.69) is 28.6 Å². The predicted octanol–water partition coefficient (Wildman–Crippen LogP) is 4.02. The molecule has 0 bridgehead atoms. The highest BCUT2D eigenvalue weighted by Gasteiger charge is 2.28. The molecule has 1 aliphatic rings. The van der Waals surface area contributed by atoms with Gasteiger partial charge in [-0.1, -0.05) is 31.2 Å². The average molecular weight is 398 g/mol. The maximum absolute atomic E-state index is 12.4. The Hall–Kier alpha value is -2.38. The van der Waals surface area contributed by atoms with Gasteiger partial charge in [-0.05, 0) is 24.3 Å². The van der Waals surface area contributed by atoms with E-state index >= 15 is 0 Å². The van der Waals surface area contributed by atoms with Gasteiger partial charge in [0.05, 0.1) is 26.2 Å². The molecule has 2 unspecified atom stereocenters. The molecule has 0 spiro atoms. The number of rotatable bonds is 5. The Bertz CT molecular complexity index is 969. The minimum atomic E-state index is -0.405. The minimum absolute atomic E-state index is 0.116. The molecule has 1 aromatic heterocycles. The summed E-state index contributed by atoms with van der Waals surface area (Å²) in [6.07, 6.45) is 0.164. The second kappa shape index (κ2) is 7.70. The number of anilines is 1. The van der Waals surface area contributed by atoms with Gasteiger partial charge < -0.3 is 10.6 Å². The SMILES string of the molecule is CC(CNC(=O)CC1Sc2ccccc2NC1=O)c1nc2ccccc2s1. The van der Waals surface area contributed by atoms with Crippen molar-refractivity contribution in [1.82, 2.24) is 10.3 Å². The molecule has 2 heterocycles. The van der Waals surface area contributed by atoms with Crippen molar-refractivity contribution in [2.24, 2.45) is 0 Å². The van der Waals surface area contributed by atoms with Gasteiger partial charge in [0, 0.05) is 23.8 Å². The van der Waals surface area contributed by atoms with Crippen molar-refractivity contribution in [1.29, 1.82) is 0 Å². The van der Waals surface area contributed by atoms with E-state index in [1.807, 2.05) is 42.5 Å². The van der Waals surface area contributed by atoms with Crippen LogP contribution in [0.25, 0.3) is 10.2 Å². The molecule has 3 aromatic rings. The normalized spacial score (nSPS) is 17.2. The van der Waals surface area contributed by atoms with Gasteiger partial charge in [-0.25, -0.2) is 4.98 Å². The van der Waals surface area contributed by atoms with Crippen LogP contribution in [0.3, 0.4) is 0 Å². The lowest BCUT2D eigenvalue weighted by Crippen LogP contribution is -2.36. The zero-order chi connectivity index (χ0) is 18.8. The fraction of sp³-hybridized carbons (Fsp3) is 0.250. The molecule has 0 saturated heterocycles. The Morgan fingerprint density at radius 1 is 1.22 bits per heavy atom. The number of fused-ring (bicyclic) bond motifs is 2. The van der Waals surface area contributed by atoms with Crippen LogP contribution in [-0.4, -0.2) is 28.6 Å². The number of para-hydroxylation sites is 2. The third-order valence-corrected chi connectivity index (χ3v) is 6.96. The molecule has 5 nitrogen and oxygen atoms in total. The van der Waals surface area contributed by atoms with Crippen LogP contribution in [0.15, 0.2) is 53.4 Å². The van der Waals surface area contributed by atoms with Crippen molar-refractivity contribution in [3.05, 3.63) is 53.5 Å². The van der Waals surface area contributed by atoms with E-state index < -0.39 is 5.25 Å². The van der Waals surface area contributed by atoms with Gasteiger partial charge in [-0.3, -0.25) is 9.59 Å². The van der Waals surface area contributed by atoms with Crippen LogP contribution in [0.4, 0.5) is 5.69 Å². The molecule has 4 rings (SSSR count). The largest absolute Gasteiger partial charge is 0.355 e. The van der Waals surface area contributed by atoms with Gasteiger partial charge in [0.25, 0.3) is 0 Å². The predicted molar refractivity (Wildman–Crippen MR) is 110 cm³/mol. The van der Waals surface area contributed by atoms with Gasteiger partial charge in [0.15, 0.2) is 0 Å². The number of thioether (sulfide) groups is 1. The quantitative estimate of drug-likeness (QED) is 0.682. The first-order valence-corrected chi connectivity index (χ1v) is 10.5. The van der Waals surface area contributed by atoms with E-state index in [1.54, 1.807) is 11.3 Å². The summed E-state index contributed by atoms with van der Waals surface area (Å²) in [5.41, 5.74) is 1.80. The first-order chi connectivity index (χ1) is 13.1. The number of benzene rings is 2. The van der Waals surface area contributed by atoms with E-state index in [4.69, 9.17) is 0 Å². The molecule has 2 amide bonds. The number of hydrogen-bond acceptors (Lipinski definition) is 5. The summed E-state index contributed by atoms with van der Waals surface area (Å²) >= 11 is 3.10. The second-order valence-electron chi connectivity index (χ2n) is 6.52. The van der Waals surface area contributed by atoms with E-state index in [-0.39, 0.29) is 24.2 Å². The molecule has 0 saturated carbocycles. The van der Waals surface area contributed by atoms with Gasteiger partial charge in [-0.2, -0.15) is 0 Å². The number of aromatic nitrogens is 1. The van der Waals surface area contributed by atoms with Gasteiger partial charge in [0.1, 0.15) is 0 Å². The lowest BCUT2D eigenvalue weighted by molar-refractivity contribution is -0.124. The van der Waals surface area contributed by atoms with Crippen LogP contribution in [0.5, 0.6) is 0 Å². The van der Waals surface area contributed by atoms with Gasteiger partial charge >= 0.3 is 0 Å². The number of nitrogens with one attached hydrogen (secondary N) is 2. The number of thiazole rings is 1. The molecule has 2 atom stereocenters. The first kappa shape index (κ1) is 18.0. The van der Waals surface area contributed by atoms with Crippen LogP contribution >= 0.6 is 23.1 Å². The molecule has 0 radical (unpaired) electrons. The molecule has 2 N–H and O–H groups in total.